The minimum atomic E-state index is -0.447. The summed E-state index contributed by atoms with van der Waals surface area (Å²) in [7, 11) is 0. The molecule has 2 N–H and O–H groups in total. The van der Waals surface area contributed by atoms with Gasteiger partial charge in [-0.15, -0.1) is 0 Å². The first kappa shape index (κ1) is 19.2. The monoisotopic (exact) mass is 378 g/mol. The van der Waals surface area contributed by atoms with Crippen LogP contribution in [0.5, 0.6) is 0 Å². The van der Waals surface area contributed by atoms with E-state index in [1.807, 2.05) is 48.9 Å². The van der Waals surface area contributed by atoms with Gasteiger partial charge in [0.05, 0.1) is 16.9 Å². The van der Waals surface area contributed by atoms with E-state index in [0.717, 1.165) is 22.6 Å². The summed E-state index contributed by atoms with van der Waals surface area (Å²) in [5, 5.41) is 4.54. The molecule has 0 aliphatic carbocycles. The lowest BCUT2D eigenvalue weighted by Crippen LogP contribution is -2.40. The molecule has 144 valence electrons. The first-order chi connectivity index (χ1) is 13.4. The highest BCUT2D eigenvalue weighted by atomic mass is 16.3. The van der Waals surface area contributed by atoms with Crippen molar-refractivity contribution in [2.24, 2.45) is 0 Å². The van der Waals surface area contributed by atoms with Gasteiger partial charge in [0.25, 0.3) is 11.8 Å². The third-order valence-corrected chi connectivity index (χ3v) is 4.33. The molecule has 0 radical (unpaired) electrons. The first-order valence-corrected chi connectivity index (χ1v) is 8.84. The molecule has 3 aromatic rings. The molecule has 0 aliphatic heterocycles. The second-order valence-corrected chi connectivity index (χ2v) is 6.44. The summed E-state index contributed by atoms with van der Waals surface area (Å²) in [5.74, 6) is 0.257. The van der Waals surface area contributed by atoms with Crippen LogP contribution in [0.4, 0.5) is 0 Å². The Morgan fingerprint density at radius 1 is 1.07 bits per heavy atom. The van der Waals surface area contributed by atoms with Gasteiger partial charge < -0.3 is 4.42 Å². The highest BCUT2D eigenvalue weighted by Crippen LogP contribution is 2.19. The topological polar surface area (TPSA) is 89.2 Å². The fraction of sp³-hybridized carbons (Fsp3) is 0.190. The molecule has 1 aromatic carbocycles. The lowest BCUT2D eigenvalue weighted by atomic mass is 10.2. The number of hydrazine groups is 1. The molecule has 2 amide bonds. The minimum absolute atomic E-state index is 0.387. The van der Waals surface area contributed by atoms with Crippen LogP contribution in [-0.2, 0) is 4.79 Å². The quantitative estimate of drug-likeness (QED) is 0.539. The molecule has 7 nitrogen and oxygen atoms in total. The predicted molar refractivity (Wildman–Crippen MR) is 106 cm³/mol. The van der Waals surface area contributed by atoms with Gasteiger partial charge in [0.15, 0.2) is 0 Å². The molecule has 0 fully saturated rings. The number of aryl methyl sites for hydroxylation is 3. The van der Waals surface area contributed by atoms with Crippen molar-refractivity contribution in [3.8, 4) is 5.69 Å². The Kier molecular flexibility index (Phi) is 5.44. The number of furan rings is 1. The van der Waals surface area contributed by atoms with Gasteiger partial charge in [0.1, 0.15) is 11.5 Å². The molecular formula is C21H22N4O3. The number of nitrogens with zero attached hydrogens (tertiary/aromatic N) is 2. The molecule has 0 saturated carbocycles. The van der Waals surface area contributed by atoms with Gasteiger partial charge in [-0.2, -0.15) is 5.10 Å². The smallest absolute Gasteiger partial charge is 0.273 e. The molecular weight excluding hydrogens is 356 g/mol. The number of nitrogens with one attached hydrogen (secondary N) is 2. The molecule has 0 unspecified atom stereocenters. The molecule has 28 heavy (non-hydrogen) atoms. The van der Waals surface area contributed by atoms with E-state index in [4.69, 9.17) is 4.42 Å². The van der Waals surface area contributed by atoms with Gasteiger partial charge in [-0.3, -0.25) is 20.4 Å². The third kappa shape index (κ3) is 4.03. The maximum absolute atomic E-state index is 12.1. The van der Waals surface area contributed by atoms with Gasteiger partial charge in [0.2, 0.25) is 0 Å². The Morgan fingerprint density at radius 3 is 2.43 bits per heavy atom. The van der Waals surface area contributed by atoms with Crippen LogP contribution in [0.2, 0.25) is 0 Å². The third-order valence-electron chi connectivity index (χ3n) is 4.33. The summed E-state index contributed by atoms with van der Waals surface area (Å²) in [6.07, 6.45) is 3.05. The number of carbonyl (C=O) groups is 2. The Hall–Kier alpha value is -3.61. The van der Waals surface area contributed by atoms with Crippen molar-refractivity contribution in [3.63, 3.8) is 0 Å². The number of aromatic nitrogens is 2. The standard InChI is InChI=1S/C21H22N4O3/c1-13-12-19(16(4)28-13)21(27)23-22-20(26)11-10-18-14(2)24-25(15(18)3)17-8-6-5-7-9-17/h5-12H,1-4H3,(H,22,26)(H,23,27)/b11-10+. The van der Waals surface area contributed by atoms with E-state index >= 15 is 0 Å². The molecule has 0 bridgehead atoms. The van der Waals surface area contributed by atoms with Crippen molar-refractivity contribution < 1.29 is 14.0 Å². The number of amides is 2. The lowest BCUT2D eigenvalue weighted by molar-refractivity contribution is -0.117. The SMILES string of the molecule is Cc1cc(C(=O)NNC(=O)/C=C/c2c(C)nn(-c3ccccc3)c2C)c(C)o1. The van der Waals surface area contributed by atoms with E-state index in [-0.39, 0.29) is 0 Å². The van der Waals surface area contributed by atoms with Gasteiger partial charge in [-0.25, -0.2) is 4.68 Å². The molecule has 2 aromatic heterocycles. The number of hydrogen-bond donors (Lipinski definition) is 2. The zero-order valence-electron chi connectivity index (χ0n) is 16.2. The molecule has 3 rings (SSSR count). The molecule has 7 heteroatoms. The fourth-order valence-corrected chi connectivity index (χ4v) is 2.96. The van der Waals surface area contributed by atoms with Gasteiger partial charge >= 0.3 is 0 Å². The van der Waals surface area contributed by atoms with Crippen molar-refractivity contribution >= 4 is 17.9 Å². The summed E-state index contributed by atoms with van der Waals surface area (Å²) in [4.78, 5) is 24.2. The number of benzene rings is 1. The van der Waals surface area contributed by atoms with Crippen LogP contribution >= 0.6 is 0 Å². The highest BCUT2D eigenvalue weighted by molar-refractivity contribution is 5.98. The maximum atomic E-state index is 12.1. The summed E-state index contributed by atoms with van der Waals surface area (Å²) in [5.41, 5.74) is 8.66. The van der Waals surface area contributed by atoms with E-state index in [1.165, 1.54) is 6.08 Å². The van der Waals surface area contributed by atoms with Crippen LogP contribution in [0.1, 0.15) is 38.8 Å². The largest absolute Gasteiger partial charge is 0.466 e. The number of hydrogen-bond acceptors (Lipinski definition) is 4. The average molecular weight is 378 g/mol. The zero-order valence-corrected chi connectivity index (χ0v) is 16.2. The zero-order chi connectivity index (χ0) is 20.3. The Labute approximate surface area is 163 Å². The Morgan fingerprint density at radius 2 is 1.79 bits per heavy atom. The van der Waals surface area contributed by atoms with Gasteiger partial charge in [-0.1, -0.05) is 18.2 Å². The van der Waals surface area contributed by atoms with Crippen LogP contribution < -0.4 is 10.9 Å². The molecule has 0 saturated heterocycles. The highest BCUT2D eigenvalue weighted by Gasteiger charge is 2.14. The molecule has 2 heterocycles. The second-order valence-electron chi connectivity index (χ2n) is 6.44. The van der Waals surface area contributed by atoms with Crippen LogP contribution in [-0.4, -0.2) is 21.6 Å². The lowest BCUT2D eigenvalue weighted by Gasteiger charge is -2.04. The summed E-state index contributed by atoms with van der Waals surface area (Å²) in [6.45, 7) is 7.27. The van der Waals surface area contributed by atoms with E-state index < -0.39 is 11.8 Å². The number of rotatable bonds is 4. The van der Waals surface area contributed by atoms with Gasteiger partial charge in [-0.05, 0) is 52.0 Å². The average Bonchev–Trinajstić information content (AvgIpc) is 3.16. The molecule has 0 atom stereocenters. The van der Waals surface area contributed by atoms with E-state index in [1.54, 1.807) is 26.0 Å². The number of carbonyl (C=O) groups excluding carboxylic acids is 2. The van der Waals surface area contributed by atoms with Crippen molar-refractivity contribution in [1.29, 1.82) is 0 Å². The normalized spacial score (nSPS) is 11.0. The molecule has 0 spiro atoms. The first-order valence-electron chi connectivity index (χ1n) is 8.84. The van der Waals surface area contributed by atoms with E-state index in [2.05, 4.69) is 16.0 Å². The van der Waals surface area contributed by atoms with Crippen LogP contribution in [0.3, 0.4) is 0 Å². The molecule has 0 aliphatic rings. The van der Waals surface area contributed by atoms with Crippen LogP contribution in [0.15, 0.2) is 46.9 Å². The predicted octanol–water partition coefficient (Wildman–Crippen LogP) is 3.17. The van der Waals surface area contributed by atoms with Crippen molar-refractivity contribution in [1.82, 2.24) is 20.6 Å². The maximum Gasteiger partial charge on any atom is 0.273 e. The van der Waals surface area contributed by atoms with Crippen LogP contribution in [0, 0.1) is 27.7 Å². The van der Waals surface area contributed by atoms with Gasteiger partial charge in [0, 0.05) is 17.3 Å². The fourth-order valence-electron chi connectivity index (χ4n) is 2.96. The van der Waals surface area contributed by atoms with E-state index in [9.17, 15) is 9.59 Å². The Bertz CT molecular complexity index is 1050. The number of para-hydroxylation sites is 1. The second kappa shape index (κ2) is 7.96. The summed E-state index contributed by atoms with van der Waals surface area (Å²) in [6, 6.07) is 11.4. The van der Waals surface area contributed by atoms with Crippen LogP contribution in [0.25, 0.3) is 11.8 Å². The van der Waals surface area contributed by atoms with Crippen molar-refractivity contribution in [2.45, 2.75) is 27.7 Å². The van der Waals surface area contributed by atoms with Crippen molar-refractivity contribution in [3.05, 3.63) is 76.5 Å². The van der Waals surface area contributed by atoms with E-state index in [0.29, 0.717) is 17.1 Å². The summed E-state index contributed by atoms with van der Waals surface area (Å²) < 4.78 is 7.15. The summed E-state index contributed by atoms with van der Waals surface area (Å²) >= 11 is 0. The van der Waals surface area contributed by atoms with Crippen molar-refractivity contribution in [2.75, 3.05) is 0 Å². The minimum Gasteiger partial charge on any atom is -0.466 e. The Balaban J connectivity index is 1.67.